The van der Waals surface area contributed by atoms with Gasteiger partial charge in [-0.15, -0.1) is 0 Å². The lowest BCUT2D eigenvalue weighted by Gasteiger charge is -2.30. The summed E-state index contributed by atoms with van der Waals surface area (Å²) in [5.74, 6) is -0.756. The number of rotatable bonds is 5. The van der Waals surface area contributed by atoms with Gasteiger partial charge in [-0.3, -0.25) is 4.79 Å². The van der Waals surface area contributed by atoms with Gasteiger partial charge in [0.15, 0.2) is 24.2 Å². The maximum Gasteiger partial charge on any atom is 0.334 e. The standard InChI is InChI=1S/C15H16N2O6/c1-21-12-6-10(7-16)2-3-11(12)23-9-14(18)17-4-5-22-13(8-17)15(19)20/h2-3,6,13H,4-5,8-9H2,1H3,(H,19,20). The molecule has 1 N–H and O–H groups in total. The topological polar surface area (TPSA) is 109 Å². The Kier molecular flexibility index (Phi) is 5.38. The Morgan fingerprint density at radius 1 is 1.48 bits per heavy atom. The summed E-state index contributed by atoms with van der Waals surface area (Å²) in [7, 11) is 1.44. The highest BCUT2D eigenvalue weighted by Crippen LogP contribution is 2.27. The van der Waals surface area contributed by atoms with Crippen LogP contribution in [0.4, 0.5) is 0 Å². The van der Waals surface area contributed by atoms with Crippen LogP contribution in [-0.2, 0) is 14.3 Å². The number of carbonyl (C=O) groups is 2. The monoisotopic (exact) mass is 320 g/mol. The van der Waals surface area contributed by atoms with Crippen LogP contribution in [0.25, 0.3) is 0 Å². The molecule has 122 valence electrons. The maximum absolute atomic E-state index is 12.1. The van der Waals surface area contributed by atoms with Gasteiger partial charge in [-0.25, -0.2) is 4.79 Å². The van der Waals surface area contributed by atoms with Gasteiger partial charge in [-0.05, 0) is 12.1 Å². The molecule has 0 aromatic heterocycles. The van der Waals surface area contributed by atoms with Gasteiger partial charge in [0.25, 0.3) is 5.91 Å². The summed E-state index contributed by atoms with van der Waals surface area (Å²) in [5.41, 5.74) is 0.415. The molecule has 8 nitrogen and oxygen atoms in total. The summed E-state index contributed by atoms with van der Waals surface area (Å²) >= 11 is 0. The summed E-state index contributed by atoms with van der Waals surface area (Å²) in [4.78, 5) is 24.4. The van der Waals surface area contributed by atoms with Crippen LogP contribution < -0.4 is 9.47 Å². The number of morpholine rings is 1. The molecule has 1 atom stereocenters. The van der Waals surface area contributed by atoms with Gasteiger partial charge < -0.3 is 24.2 Å². The molecule has 8 heteroatoms. The average molecular weight is 320 g/mol. The van der Waals surface area contributed by atoms with Crippen LogP contribution in [0, 0.1) is 11.3 Å². The van der Waals surface area contributed by atoms with Gasteiger partial charge in [-0.1, -0.05) is 0 Å². The smallest absolute Gasteiger partial charge is 0.334 e. The Morgan fingerprint density at radius 3 is 2.91 bits per heavy atom. The molecular formula is C15H16N2O6. The lowest BCUT2D eigenvalue weighted by atomic mass is 10.2. The third kappa shape index (κ3) is 4.11. The fourth-order valence-electron chi connectivity index (χ4n) is 2.11. The Labute approximate surface area is 132 Å². The van der Waals surface area contributed by atoms with Crippen molar-refractivity contribution in [1.29, 1.82) is 5.26 Å². The molecule has 1 aromatic carbocycles. The van der Waals surface area contributed by atoms with Crippen molar-refractivity contribution in [2.24, 2.45) is 0 Å². The van der Waals surface area contributed by atoms with E-state index in [1.807, 2.05) is 6.07 Å². The second kappa shape index (κ2) is 7.47. The number of methoxy groups -OCH3 is 1. The van der Waals surface area contributed by atoms with Gasteiger partial charge in [-0.2, -0.15) is 5.26 Å². The molecule has 2 rings (SSSR count). The average Bonchev–Trinajstić information content (AvgIpc) is 2.59. The Morgan fingerprint density at radius 2 is 2.26 bits per heavy atom. The molecule has 23 heavy (non-hydrogen) atoms. The first-order valence-electron chi connectivity index (χ1n) is 6.88. The number of amides is 1. The van der Waals surface area contributed by atoms with Gasteiger partial charge in [0.1, 0.15) is 0 Å². The third-order valence-corrected chi connectivity index (χ3v) is 3.34. The number of ether oxygens (including phenoxy) is 3. The fourth-order valence-corrected chi connectivity index (χ4v) is 2.11. The highest BCUT2D eigenvalue weighted by atomic mass is 16.5. The first-order chi connectivity index (χ1) is 11.0. The van der Waals surface area contributed by atoms with E-state index in [4.69, 9.17) is 24.6 Å². The zero-order chi connectivity index (χ0) is 16.8. The normalized spacial score (nSPS) is 17.2. The van der Waals surface area contributed by atoms with Gasteiger partial charge in [0.2, 0.25) is 0 Å². The SMILES string of the molecule is COc1cc(C#N)ccc1OCC(=O)N1CCOC(C(=O)O)C1. The second-order valence-corrected chi connectivity index (χ2v) is 4.80. The predicted octanol–water partition coefficient (Wildman–Crippen LogP) is 0.258. The minimum atomic E-state index is -1.10. The van der Waals surface area contributed by atoms with E-state index >= 15 is 0 Å². The molecule has 1 fully saturated rings. The molecule has 1 aliphatic rings. The molecule has 1 aliphatic heterocycles. The van der Waals surface area contributed by atoms with Gasteiger partial charge >= 0.3 is 5.97 Å². The Bertz CT molecular complexity index is 639. The highest BCUT2D eigenvalue weighted by molar-refractivity contribution is 5.80. The van der Waals surface area contributed by atoms with Gasteiger partial charge in [0.05, 0.1) is 31.9 Å². The minimum Gasteiger partial charge on any atom is -0.493 e. The lowest BCUT2D eigenvalue weighted by Crippen LogP contribution is -2.49. The van der Waals surface area contributed by atoms with E-state index in [-0.39, 0.29) is 25.7 Å². The fraction of sp³-hybridized carbons (Fsp3) is 0.400. The van der Waals surface area contributed by atoms with Crippen molar-refractivity contribution >= 4 is 11.9 Å². The maximum atomic E-state index is 12.1. The first-order valence-corrected chi connectivity index (χ1v) is 6.88. The molecule has 1 heterocycles. The van der Waals surface area contributed by atoms with Crippen LogP contribution in [0.5, 0.6) is 11.5 Å². The van der Waals surface area contributed by atoms with Crippen molar-refractivity contribution in [2.45, 2.75) is 6.10 Å². The third-order valence-electron chi connectivity index (χ3n) is 3.34. The van der Waals surface area contributed by atoms with Crippen LogP contribution in [-0.4, -0.2) is 61.4 Å². The van der Waals surface area contributed by atoms with Crippen LogP contribution in [0.3, 0.4) is 0 Å². The highest BCUT2D eigenvalue weighted by Gasteiger charge is 2.29. The number of hydrogen-bond donors (Lipinski definition) is 1. The van der Waals surface area contributed by atoms with E-state index in [9.17, 15) is 9.59 Å². The van der Waals surface area contributed by atoms with Crippen molar-refractivity contribution in [2.75, 3.05) is 33.4 Å². The number of benzene rings is 1. The summed E-state index contributed by atoms with van der Waals surface area (Å²) in [6.07, 6.45) is -1.02. The van der Waals surface area contributed by atoms with Crippen molar-refractivity contribution in [3.8, 4) is 17.6 Å². The number of nitrogens with zero attached hydrogens (tertiary/aromatic N) is 2. The molecule has 1 saturated heterocycles. The summed E-state index contributed by atoms with van der Waals surface area (Å²) < 4.78 is 15.6. The number of hydrogen-bond acceptors (Lipinski definition) is 6. The molecule has 1 aromatic rings. The molecular weight excluding hydrogens is 304 g/mol. The van der Waals surface area contributed by atoms with Crippen molar-refractivity contribution in [3.05, 3.63) is 23.8 Å². The number of nitriles is 1. The summed E-state index contributed by atoms with van der Waals surface area (Å²) in [5, 5.41) is 17.8. The summed E-state index contributed by atoms with van der Waals surface area (Å²) in [6.45, 7) is 0.218. The van der Waals surface area contributed by atoms with Crippen molar-refractivity contribution < 1.29 is 28.9 Å². The predicted molar refractivity (Wildman–Crippen MR) is 77.2 cm³/mol. The van der Waals surface area contributed by atoms with Crippen LogP contribution in [0.1, 0.15) is 5.56 Å². The minimum absolute atomic E-state index is 0.0119. The van der Waals surface area contributed by atoms with Crippen molar-refractivity contribution in [3.63, 3.8) is 0 Å². The van der Waals surface area contributed by atoms with Gasteiger partial charge in [0, 0.05) is 12.6 Å². The van der Waals surface area contributed by atoms with E-state index in [2.05, 4.69) is 0 Å². The van der Waals surface area contributed by atoms with E-state index in [1.165, 1.54) is 18.1 Å². The molecule has 0 saturated carbocycles. The Hall–Kier alpha value is -2.79. The number of carboxylic acid groups (broad SMARTS) is 1. The van der Waals surface area contributed by atoms with E-state index in [1.54, 1.807) is 12.1 Å². The Balaban J connectivity index is 1.96. The second-order valence-electron chi connectivity index (χ2n) is 4.80. The van der Waals surface area contributed by atoms with Crippen LogP contribution in [0.2, 0.25) is 0 Å². The van der Waals surface area contributed by atoms with E-state index < -0.39 is 12.1 Å². The first kappa shape index (κ1) is 16.6. The molecule has 0 bridgehead atoms. The quantitative estimate of drug-likeness (QED) is 0.828. The van der Waals surface area contributed by atoms with Crippen LogP contribution in [0.15, 0.2) is 18.2 Å². The number of carbonyl (C=O) groups excluding carboxylic acids is 1. The van der Waals surface area contributed by atoms with E-state index in [0.717, 1.165) is 0 Å². The van der Waals surface area contributed by atoms with Crippen molar-refractivity contribution in [1.82, 2.24) is 4.90 Å². The molecule has 0 spiro atoms. The zero-order valence-electron chi connectivity index (χ0n) is 12.5. The molecule has 1 amide bonds. The lowest BCUT2D eigenvalue weighted by molar-refractivity contribution is -0.159. The number of carboxylic acids is 1. The largest absolute Gasteiger partial charge is 0.493 e. The molecule has 0 radical (unpaired) electrons. The van der Waals surface area contributed by atoms with Crippen LogP contribution >= 0.6 is 0 Å². The van der Waals surface area contributed by atoms with E-state index in [0.29, 0.717) is 23.6 Å². The zero-order valence-corrected chi connectivity index (χ0v) is 12.5. The summed E-state index contributed by atoms with van der Waals surface area (Å²) in [6, 6.07) is 6.59. The molecule has 1 unspecified atom stereocenters. The number of aliphatic carboxylic acids is 1. The molecule has 0 aliphatic carbocycles.